The monoisotopic (exact) mass is 324 g/mol. The summed E-state index contributed by atoms with van der Waals surface area (Å²) in [6.07, 6.45) is 1.22. The van der Waals surface area contributed by atoms with Crippen LogP contribution in [-0.2, 0) is 4.74 Å². The first-order chi connectivity index (χ1) is 10.4. The van der Waals surface area contributed by atoms with Crippen LogP contribution in [0.4, 0.5) is 5.69 Å². The van der Waals surface area contributed by atoms with E-state index in [4.69, 9.17) is 26.8 Å². The van der Waals surface area contributed by atoms with Gasteiger partial charge in [0.15, 0.2) is 0 Å². The molecule has 1 aliphatic heterocycles. The van der Waals surface area contributed by atoms with Crippen molar-refractivity contribution in [2.75, 3.05) is 19.5 Å². The number of amides is 1. The number of carbonyl (C=O) groups excluding carboxylic acids is 1. The van der Waals surface area contributed by atoms with E-state index in [2.05, 4.69) is 19.2 Å². The summed E-state index contributed by atoms with van der Waals surface area (Å²) in [6.45, 7) is 5.01. The molecule has 0 bridgehead atoms. The molecular formula is C16H21ClN2O3. The minimum absolute atomic E-state index is 0.0678. The number of nitrogens with one attached hydrogen (secondary N) is 1. The zero-order valence-electron chi connectivity index (χ0n) is 13.0. The van der Waals surface area contributed by atoms with Crippen LogP contribution in [-0.4, -0.2) is 31.8 Å². The standard InChI is InChI=1S/C16H21ClN2O3/c1-16(2)13(8-4-5-22-14(8)16)19-15(20)9-6-10(17)11(18)7-12(9)21-3/h6-8,13-14H,4-5,18H2,1-3H3,(H,19,20). The Bertz CT molecular complexity index is 618. The Balaban J connectivity index is 1.82. The SMILES string of the molecule is COc1cc(N)c(Cl)cc1C(=O)NC1C2CCOC2C1(C)C. The van der Waals surface area contributed by atoms with Crippen LogP contribution in [0.15, 0.2) is 12.1 Å². The van der Waals surface area contributed by atoms with E-state index in [0.29, 0.717) is 27.9 Å². The first-order valence-corrected chi connectivity index (χ1v) is 7.79. The minimum Gasteiger partial charge on any atom is -0.496 e. The maximum absolute atomic E-state index is 12.6. The molecule has 2 fully saturated rings. The largest absolute Gasteiger partial charge is 0.496 e. The van der Waals surface area contributed by atoms with Crippen LogP contribution in [0.3, 0.4) is 0 Å². The number of nitrogen functional groups attached to an aromatic ring is 1. The third-order valence-corrected chi connectivity index (χ3v) is 5.28. The molecule has 3 N–H and O–H groups in total. The molecule has 5 nitrogen and oxygen atoms in total. The highest BCUT2D eigenvalue weighted by molar-refractivity contribution is 6.33. The van der Waals surface area contributed by atoms with Gasteiger partial charge in [-0.05, 0) is 12.5 Å². The van der Waals surface area contributed by atoms with Gasteiger partial charge in [-0.15, -0.1) is 0 Å². The lowest BCUT2D eigenvalue weighted by Crippen LogP contribution is -2.66. The van der Waals surface area contributed by atoms with Gasteiger partial charge in [-0.2, -0.15) is 0 Å². The average Bonchev–Trinajstić information content (AvgIpc) is 2.93. The molecule has 3 rings (SSSR count). The molecule has 1 saturated heterocycles. The van der Waals surface area contributed by atoms with Crippen molar-refractivity contribution >= 4 is 23.2 Å². The number of fused-ring (bicyclic) bond motifs is 1. The lowest BCUT2D eigenvalue weighted by atomic mass is 9.57. The Morgan fingerprint density at radius 1 is 1.50 bits per heavy atom. The zero-order chi connectivity index (χ0) is 16.1. The van der Waals surface area contributed by atoms with E-state index in [0.717, 1.165) is 13.0 Å². The highest BCUT2D eigenvalue weighted by atomic mass is 35.5. The van der Waals surface area contributed by atoms with Gasteiger partial charge in [0.25, 0.3) is 5.91 Å². The molecule has 0 aromatic heterocycles. The summed E-state index contributed by atoms with van der Waals surface area (Å²) in [5.41, 5.74) is 6.48. The van der Waals surface area contributed by atoms with Crippen LogP contribution in [0.5, 0.6) is 5.75 Å². The number of anilines is 1. The van der Waals surface area contributed by atoms with Crippen LogP contribution in [0.25, 0.3) is 0 Å². The van der Waals surface area contributed by atoms with Crippen molar-refractivity contribution in [1.82, 2.24) is 5.32 Å². The summed E-state index contributed by atoms with van der Waals surface area (Å²) >= 11 is 6.04. The van der Waals surface area contributed by atoms with Gasteiger partial charge in [0.1, 0.15) is 5.75 Å². The van der Waals surface area contributed by atoms with E-state index >= 15 is 0 Å². The molecule has 2 aliphatic rings. The first kappa shape index (κ1) is 15.4. The Labute approximate surface area is 135 Å². The molecule has 1 aromatic carbocycles. The van der Waals surface area contributed by atoms with Gasteiger partial charge >= 0.3 is 0 Å². The summed E-state index contributed by atoms with van der Waals surface area (Å²) in [6, 6.07) is 3.22. The number of halogens is 1. The quantitative estimate of drug-likeness (QED) is 0.838. The van der Waals surface area contributed by atoms with E-state index in [1.54, 1.807) is 12.1 Å². The highest BCUT2D eigenvalue weighted by Gasteiger charge is 2.59. The molecule has 1 aliphatic carbocycles. The number of hydrogen-bond donors (Lipinski definition) is 2. The molecule has 0 radical (unpaired) electrons. The summed E-state index contributed by atoms with van der Waals surface area (Å²) in [5.74, 6) is 0.618. The molecule has 1 amide bonds. The number of ether oxygens (including phenoxy) is 2. The van der Waals surface area contributed by atoms with Crippen molar-refractivity contribution in [2.24, 2.45) is 11.3 Å². The third kappa shape index (κ3) is 2.23. The topological polar surface area (TPSA) is 73.6 Å². The van der Waals surface area contributed by atoms with Gasteiger partial charge in [-0.1, -0.05) is 25.4 Å². The van der Waals surface area contributed by atoms with E-state index in [-0.39, 0.29) is 23.5 Å². The van der Waals surface area contributed by atoms with E-state index in [1.807, 2.05) is 0 Å². The van der Waals surface area contributed by atoms with E-state index < -0.39 is 0 Å². The predicted molar refractivity (Wildman–Crippen MR) is 85.3 cm³/mol. The fourth-order valence-corrected chi connectivity index (χ4v) is 3.92. The molecule has 1 heterocycles. The second-order valence-corrected chi connectivity index (χ2v) is 7.00. The minimum atomic E-state index is -0.192. The summed E-state index contributed by atoms with van der Waals surface area (Å²) < 4.78 is 11.0. The molecule has 22 heavy (non-hydrogen) atoms. The van der Waals surface area contributed by atoms with Gasteiger partial charge in [-0.3, -0.25) is 4.79 Å². The summed E-state index contributed by atoms with van der Waals surface area (Å²) in [5, 5.41) is 3.47. The van der Waals surface area contributed by atoms with Crippen LogP contribution >= 0.6 is 11.6 Å². The van der Waals surface area contributed by atoms with Crippen LogP contribution in [0.1, 0.15) is 30.6 Å². The Morgan fingerprint density at radius 2 is 2.23 bits per heavy atom. The third-order valence-electron chi connectivity index (χ3n) is 4.95. The molecule has 3 atom stereocenters. The van der Waals surface area contributed by atoms with Gasteiger partial charge < -0.3 is 20.5 Å². The molecule has 0 spiro atoms. The van der Waals surface area contributed by atoms with Crippen LogP contribution in [0, 0.1) is 11.3 Å². The van der Waals surface area contributed by atoms with Crippen molar-refractivity contribution in [3.63, 3.8) is 0 Å². The summed E-state index contributed by atoms with van der Waals surface area (Å²) in [7, 11) is 1.51. The molecule has 1 saturated carbocycles. The smallest absolute Gasteiger partial charge is 0.255 e. The van der Waals surface area contributed by atoms with E-state index in [1.165, 1.54) is 7.11 Å². The molecular weight excluding hydrogens is 304 g/mol. The summed E-state index contributed by atoms with van der Waals surface area (Å²) in [4.78, 5) is 12.6. The fourth-order valence-electron chi connectivity index (χ4n) is 3.75. The number of methoxy groups -OCH3 is 1. The van der Waals surface area contributed by atoms with Crippen molar-refractivity contribution < 1.29 is 14.3 Å². The average molecular weight is 325 g/mol. The van der Waals surface area contributed by atoms with Gasteiger partial charge in [-0.25, -0.2) is 0 Å². The lowest BCUT2D eigenvalue weighted by molar-refractivity contribution is -0.108. The zero-order valence-corrected chi connectivity index (χ0v) is 13.7. The number of benzene rings is 1. The number of hydrogen-bond acceptors (Lipinski definition) is 4. The number of rotatable bonds is 3. The Kier molecular flexibility index (Phi) is 3.73. The second-order valence-electron chi connectivity index (χ2n) is 6.59. The number of carbonyl (C=O) groups is 1. The van der Waals surface area contributed by atoms with Crippen LogP contribution in [0.2, 0.25) is 5.02 Å². The van der Waals surface area contributed by atoms with Crippen molar-refractivity contribution in [3.8, 4) is 5.75 Å². The first-order valence-electron chi connectivity index (χ1n) is 7.41. The Morgan fingerprint density at radius 3 is 2.91 bits per heavy atom. The van der Waals surface area contributed by atoms with Gasteiger partial charge in [0.2, 0.25) is 0 Å². The van der Waals surface area contributed by atoms with Crippen molar-refractivity contribution in [2.45, 2.75) is 32.4 Å². The van der Waals surface area contributed by atoms with E-state index in [9.17, 15) is 4.79 Å². The number of nitrogens with two attached hydrogens (primary N) is 1. The fraction of sp³-hybridized carbons (Fsp3) is 0.562. The molecule has 1 aromatic rings. The maximum atomic E-state index is 12.6. The van der Waals surface area contributed by atoms with Gasteiger partial charge in [0.05, 0.1) is 29.5 Å². The predicted octanol–water partition coefficient (Wildman–Crippen LogP) is 2.47. The highest BCUT2D eigenvalue weighted by Crippen LogP contribution is 2.52. The van der Waals surface area contributed by atoms with Crippen molar-refractivity contribution in [1.29, 1.82) is 0 Å². The normalized spacial score (nSPS) is 28.6. The maximum Gasteiger partial charge on any atom is 0.255 e. The lowest BCUT2D eigenvalue weighted by Gasteiger charge is -2.54. The Hall–Kier alpha value is -1.46. The second kappa shape index (κ2) is 5.32. The molecule has 6 heteroatoms. The molecule has 3 unspecified atom stereocenters. The molecule has 120 valence electrons. The van der Waals surface area contributed by atoms with Gasteiger partial charge in [0, 0.05) is 30.0 Å². The van der Waals surface area contributed by atoms with Crippen LogP contribution < -0.4 is 15.8 Å². The van der Waals surface area contributed by atoms with Crippen molar-refractivity contribution in [3.05, 3.63) is 22.7 Å².